The Morgan fingerprint density at radius 2 is 2.33 bits per heavy atom. The van der Waals surface area contributed by atoms with Gasteiger partial charge in [-0.25, -0.2) is 4.98 Å². The zero-order valence-corrected chi connectivity index (χ0v) is 11.2. The molecule has 0 bridgehead atoms. The van der Waals surface area contributed by atoms with Gasteiger partial charge in [-0.15, -0.1) is 0 Å². The molecule has 4 heteroatoms. The molecule has 4 nitrogen and oxygen atoms in total. The van der Waals surface area contributed by atoms with Gasteiger partial charge >= 0.3 is 0 Å². The van der Waals surface area contributed by atoms with Crippen molar-refractivity contribution in [2.75, 3.05) is 38.2 Å². The van der Waals surface area contributed by atoms with Gasteiger partial charge in [0.05, 0.1) is 6.61 Å². The second-order valence-corrected chi connectivity index (χ2v) is 4.68. The minimum Gasteiger partial charge on any atom is -0.380 e. The van der Waals surface area contributed by atoms with Crippen molar-refractivity contribution < 1.29 is 4.74 Å². The van der Waals surface area contributed by atoms with Crippen LogP contribution in [0.1, 0.15) is 25.3 Å². The topological polar surface area (TPSA) is 37.4 Å². The van der Waals surface area contributed by atoms with Gasteiger partial charge in [-0.3, -0.25) is 4.90 Å². The molecule has 1 aromatic rings. The quantitative estimate of drug-likeness (QED) is 0.867. The second kappa shape index (κ2) is 7.34. The van der Waals surface area contributed by atoms with Crippen LogP contribution in [0.4, 0.5) is 5.82 Å². The van der Waals surface area contributed by atoms with Crippen molar-refractivity contribution in [3.63, 3.8) is 0 Å². The fourth-order valence-corrected chi connectivity index (χ4v) is 2.17. The van der Waals surface area contributed by atoms with Gasteiger partial charge in [0.1, 0.15) is 5.82 Å². The first-order valence-corrected chi connectivity index (χ1v) is 6.88. The van der Waals surface area contributed by atoms with E-state index in [2.05, 4.69) is 28.2 Å². The van der Waals surface area contributed by atoms with E-state index in [0.717, 1.165) is 58.1 Å². The standard InChI is InChI=1S/C14H23N3O/c1-2-6-15-14-13(5-3-7-16-14)12-17-8-4-10-18-11-9-17/h3,5,7H,2,4,6,8-12H2,1H3,(H,15,16). The summed E-state index contributed by atoms with van der Waals surface area (Å²) < 4.78 is 5.48. The lowest BCUT2D eigenvalue weighted by Gasteiger charge is -2.20. The average molecular weight is 249 g/mol. The maximum Gasteiger partial charge on any atom is 0.130 e. The van der Waals surface area contributed by atoms with Crippen molar-refractivity contribution in [2.24, 2.45) is 0 Å². The number of anilines is 1. The molecule has 0 aliphatic carbocycles. The van der Waals surface area contributed by atoms with Gasteiger partial charge in [-0.05, 0) is 18.9 Å². The maximum absolute atomic E-state index is 5.48. The highest BCUT2D eigenvalue weighted by molar-refractivity contribution is 5.43. The number of ether oxygens (including phenoxy) is 1. The molecule has 1 aliphatic heterocycles. The highest BCUT2D eigenvalue weighted by atomic mass is 16.5. The molecule has 0 aromatic carbocycles. The summed E-state index contributed by atoms with van der Waals surface area (Å²) in [4.78, 5) is 6.88. The molecule has 1 fully saturated rings. The van der Waals surface area contributed by atoms with E-state index in [4.69, 9.17) is 4.74 Å². The molecule has 2 rings (SSSR count). The van der Waals surface area contributed by atoms with Gasteiger partial charge in [0, 0.05) is 44.5 Å². The third kappa shape index (κ3) is 3.96. The highest BCUT2D eigenvalue weighted by Crippen LogP contribution is 2.15. The summed E-state index contributed by atoms with van der Waals surface area (Å²) >= 11 is 0. The van der Waals surface area contributed by atoms with E-state index in [0.29, 0.717) is 0 Å². The van der Waals surface area contributed by atoms with Crippen LogP contribution in [0.5, 0.6) is 0 Å². The van der Waals surface area contributed by atoms with Crippen LogP contribution in [0.2, 0.25) is 0 Å². The summed E-state index contributed by atoms with van der Waals surface area (Å²) in [6.45, 7) is 7.98. The number of hydrogen-bond acceptors (Lipinski definition) is 4. The van der Waals surface area contributed by atoms with Gasteiger partial charge in [0.25, 0.3) is 0 Å². The molecule has 18 heavy (non-hydrogen) atoms. The van der Waals surface area contributed by atoms with Gasteiger partial charge in [0.2, 0.25) is 0 Å². The minimum absolute atomic E-state index is 0.845. The number of rotatable bonds is 5. The largest absolute Gasteiger partial charge is 0.380 e. The molecule has 0 saturated carbocycles. The first-order valence-electron chi connectivity index (χ1n) is 6.88. The van der Waals surface area contributed by atoms with Crippen molar-refractivity contribution in [2.45, 2.75) is 26.3 Å². The van der Waals surface area contributed by atoms with Crippen LogP contribution in [-0.2, 0) is 11.3 Å². The van der Waals surface area contributed by atoms with Crippen LogP contribution in [0.15, 0.2) is 18.3 Å². The van der Waals surface area contributed by atoms with Gasteiger partial charge in [-0.1, -0.05) is 13.0 Å². The zero-order chi connectivity index (χ0) is 12.6. The van der Waals surface area contributed by atoms with Crippen LogP contribution in [0.25, 0.3) is 0 Å². The smallest absolute Gasteiger partial charge is 0.130 e. The van der Waals surface area contributed by atoms with E-state index in [1.807, 2.05) is 12.3 Å². The summed E-state index contributed by atoms with van der Waals surface area (Å²) in [5.74, 6) is 1.03. The van der Waals surface area contributed by atoms with Crippen LogP contribution in [0.3, 0.4) is 0 Å². The summed E-state index contributed by atoms with van der Waals surface area (Å²) in [5, 5.41) is 3.40. The predicted molar refractivity (Wildman–Crippen MR) is 73.7 cm³/mol. The number of pyridine rings is 1. The molecule has 0 spiro atoms. The highest BCUT2D eigenvalue weighted by Gasteiger charge is 2.12. The normalized spacial score (nSPS) is 17.4. The van der Waals surface area contributed by atoms with E-state index in [1.165, 1.54) is 5.56 Å². The molecular weight excluding hydrogens is 226 g/mol. The Morgan fingerprint density at radius 3 is 3.22 bits per heavy atom. The summed E-state index contributed by atoms with van der Waals surface area (Å²) in [7, 11) is 0. The van der Waals surface area contributed by atoms with E-state index in [-0.39, 0.29) is 0 Å². The minimum atomic E-state index is 0.845. The molecular formula is C14H23N3O. The average Bonchev–Trinajstić information content (AvgIpc) is 2.66. The summed E-state index contributed by atoms with van der Waals surface area (Å²) in [6.07, 6.45) is 4.10. The lowest BCUT2D eigenvalue weighted by molar-refractivity contribution is 0.140. The third-order valence-electron chi connectivity index (χ3n) is 3.14. The lowest BCUT2D eigenvalue weighted by Crippen LogP contribution is -2.26. The van der Waals surface area contributed by atoms with Crippen molar-refractivity contribution >= 4 is 5.82 Å². The van der Waals surface area contributed by atoms with Gasteiger partial charge in [0.15, 0.2) is 0 Å². The summed E-state index contributed by atoms with van der Waals surface area (Å²) in [6, 6.07) is 4.18. The van der Waals surface area contributed by atoms with E-state index in [1.54, 1.807) is 0 Å². The lowest BCUT2D eigenvalue weighted by atomic mass is 10.2. The summed E-state index contributed by atoms with van der Waals surface area (Å²) in [5.41, 5.74) is 1.29. The molecule has 1 saturated heterocycles. The molecule has 0 atom stereocenters. The Kier molecular flexibility index (Phi) is 5.42. The molecule has 0 radical (unpaired) electrons. The SMILES string of the molecule is CCCNc1ncccc1CN1CCCOCC1. The van der Waals surface area contributed by atoms with Gasteiger partial charge < -0.3 is 10.1 Å². The van der Waals surface area contributed by atoms with E-state index in [9.17, 15) is 0 Å². The Hall–Kier alpha value is -1.13. The second-order valence-electron chi connectivity index (χ2n) is 4.68. The van der Waals surface area contributed by atoms with E-state index >= 15 is 0 Å². The van der Waals surface area contributed by atoms with Crippen LogP contribution in [0, 0.1) is 0 Å². The third-order valence-corrected chi connectivity index (χ3v) is 3.14. The molecule has 1 aromatic heterocycles. The molecule has 1 aliphatic rings. The molecule has 100 valence electrons. The van der Waals surface area contributed by atoms with Crippen molar-refractivity contribution in [3.8, 4) is 0 Å². The molecule has 2 heterocycles. The van der Waals surface area contributed by atoms with Crippen LogP contribution in [-0.4, -0.2) is 42.7 Å². The van der Waals surface area contributed by atoms with Crippen molar-refractivity contribution in [1.82, 2.24) is 9.88 Å². The van der Waals surface area contributed by atoms with Crippen molar-refractivity contribution in [1.29, 1.82) is 0 Å². The molecule has 0 amide bonds. The Bertz CT molecular complexity index is 349. The van der Waals surface area contributed by atoms with Crippen LogP contribution >= 0.6 is 0 Å². The monoisotopic (exact) mass is 249 g/mol. The number of aromatic nitrogens is 1. The van der Waals surface area contributed by atoms with E-state index < -0.39 is 0 Å². The van der Waals surface area contributed by atoms with Crippen molar-refractivity contribution in [3.05, 3.63) is 23.9 Å². The molecule has 1 N–H and O–H groups in total. The Labute approximate surface area is 109 Å². The maximum atomic E-state index is 5.48. The zero-order valence-electron chi connectivity index (χ0n) is 11.2. The van der Waals surface area contributed by atoms with Crippen LogP contribution < -0.4 is 5.32 Å². The Morgan fingerprint density at radius 1 is 1.39 bits per heavy atom. The first-order chi connectivity index (χ1) is 8.90. The Balaban J connectivity index is 1.98. The fraction of sp³-hybridized carbons (Fsp3) is 0.643. The predicted octanol–water partition coefficient (Wildman–Crippen LogP) is 2.13. The number of nitrogens with zero attached hydrogens (tertiary/aromatic N) is 2. The number of nitrogens with one attached hydrogen (secondary N) is 1. The first kappa shape index (κ1) is 13.3. The number of hydrogen-bond donors (Lipinski definition) is 1. The fourth-order valence-electron chi connectivity index (χ4n) is 2.17. The molecule has 0 unspecified atom stereocenters. The van der Waals surface area contributed by atoms with Gasteiger partial charge in [-0.2, -0.15) is 0 Å².